The average Bonchev–Trinajstić information content (AvgIpc) is 3.12. The lowest BCUT2D eigenvalue weighted by Gasteiger charge is -2.29. The number of Topliss-reactive ketones (excluding diaryl/α,β-unsaturated/α-hetero) is 1. The minimum absolute atomic E-state index is 0.0894. The van der Waals surface area contributed by atoms with E-state index in [0.29, 0.717) is 53.4 Å². The zero-order chi connectivity index (χ0) is 24.0. The Morgan fingerprint density at radius 3 is 2.44 bits per heavy atom. The molecule has 1 aromatic heterocycles. The predicted octanol–water partition coefficient (Wildman–Crippen LogP) is 2.44. The highest BCUT2D eigenvalue weighted by molar-refractivity contribution is 6.23. The van der Waals surface area contributed by atoms with Crippen molar-refractivity contribution in [3.63, 3.8) is 0 Å². The van der Waals surface area contributed by atoms with Crippen LogP contribution < -0.4 is 16.6 Å². The normalized spacial score (nSPS) is 16.0. The van der Waals surface area contributed by atoms with E-state index < -0.39 is 23.1 Å². The smallest absolute Gasteiger partial charge is 0.335 e. The number of ether oxygens (including phenoxy) is 1. The van der Waals surface area contributed by atoms with Crippen LogP contribution in [0.25, 0.3) is 5.70 Å². The molecule has 1 aliphatic heterocycles. The summed E-state index contributed by atoms with van der Waals surface area (Å²) in [4.78, 5) is 53.1. The molecule has 2 aliphatic rings. The van der Waals surface area contributed by atoms with E-state index in [1.54, 1.807) is 31.4 Å². The summed E-state index contributed by atoms with van der Waals surface area (Å²) in [5, 5.41) is 12.5. The van der Waals surface area contributed by atoms with E-state index >= 15 is 0 Å². The lowest BCUT2D eigenvalue weighted by atomic mass is 9.81. The van der Waals surface area contributed by atoms with Crippen molar-refractivity contribution >= 4 is 23.3 Å². The van der Waals surface area contributed by atoms with E-state index in [1.165, 1.54) is 16.7 Å². The first-order valence-corrected chi connectivity index (χ1v) is 10.8. The quantitative estimate of drug-likeness (QED) is 0.483. The number of carboxylic acids is 1. The predicted molar refractivity (Wildman–Crippen MR) is 124 cm³/mol. The molecule has 34 heavy (non-hydrogen) atoms. The molecule has 0 bridgehead atoms. The molecule has 2 heterocycles. The molecule has 0 unspecified atom stereocenters. The van der Waals surface area contributed by atoms with Crippen molar-refractivity contribution in [3.05, 3.63) is 103 Å². The van der Waals surface area contributed by atoms with Crippen molar-refractivity contribution in [1.29, 1.82) is 0 Å². The van der Waals surface area contributed by atoms with Crippen molar-refractivity contribution in [2.45, 2.75) is 18.9 Å². The molecule has 1 aliphatic carbocycles. The lowest BCUT2D eigenvalue weighted by Crippen LogP contribution is -2.38. The summed E-state index contributed by atoms with van der Waals surface area (Å²) in [7, 11) is 1.57. The molecule has 0 saturated carbocycles. The molecule has 0 fully saturated rings. The maximum Gasteiger partial charge on any atom is 0.335 e. The van der Waals surface area contributed by atoms with Crippen molar-refractivity contribution in [1.82, 2.24) is 9.55 Å². The number of aromatic amines is 1. The standard InChI is InChI=1S/C25H21N3O6/c1-34-12-4-11-28-22-19(23(30)27-25(28)33)17(13-7-9-14(10-8-13)24(31)32)18-20(26-22)15-5-2-3-6-16(15)21(18)29/h2-3,5-10,17,26H,4,11-12H2,1H3,(H,31,32)(H,27,30,33)/t17-/m0/s1. The van der Waals surface area contributed by atoms with Crippen LogP contribution in [-0.2, 0) is 11.3 Å². The van der Waals surface area contributed by atoms with Gasteiger partial charge in [-0.2, -0.15) is 0 Å². The molecule has 0 amide bonds. The Morgan fingerprint density at radius 2 is 1.76 bits per heavy atom. The van der Waals surface area contributed by atoms with Crippen molar-refractivity contribution in [3.8, 4) is 0 Å². The number of methoxy groups -OCH3 is 1. The molecule has 0 saturated heterocycles. The highest BCUT2D eigenvalue weighted by Gasteiger charge is 2.42. The number of benzene rings is 2. The van der Waals surface area contributed by atoms with Gasteiger partial charge in [0.2, 0.25) is 0 Å². The van der Waals surface area contributed by atoms with E-state index in [1.807, 2.05) is 12.1 Å². The molecule has 2 aromatic carbocycles. The summed E-state index contributed by atoms with van der Waals surface area (Å²) >= 11 is 0. The van der Waals surface area contributed by atoms with E-state index in [2.05, 4.69) is 10.3 Å². The summed E-state index contributed by atoms with van der Waals surface area (Å²) in [6.45, 7) is 0.720. The summed E-state index contributed by atoms with van der Waals surface area (Å²) in [5.41, 5.74) is 1.88. The molecular formula is C25H21N3O6. The van der Waals surface area contributed by atoms with Crippen LogP contribution >= 0.6 is 0 Å². The second-order valence-corrected chi connectivity index (χ2v) is 8.17. The van der Waals surface area contributed by atoms with Gasteiger partial charge in [-0.3, -0.25) is 19.1 Å². The van der Waals surface area contributed by atoms with Crippen molar-refractivity contribution in [2.75, 3.05) is 19.0 Å². The number of hydrogen-bond donors (Lipinski definition) is 3. The van der Waals surface area contributed by atoms with Gasteiger partial charge in [-0.25, -0.2) is 9.59 Å². The SMILES string of the molecule is COCCCn1c2c(c(=O)[nH]c1=O)[C@@H](c1ccc(C(=O)O)cc1)C1=C(N2)c2ccccc2C1=O. The van der Waals surface area contributed by atoms with Crippen LogP contribution in [0.3, 0.4) is 0 Å². The number of rotatable bonds is 6. The molecule has 3 aromatic rings. The van der Waals surface area contributed by atoms with Crippen LogP contribution in [0.5, 0.6) is 0 Å². The molecule has 172 valence electrons. The van der Waals surface area contributed by atoms with Crippen LogP contribution in [0.4, 0.5) is 5.82 Å². The topological polar surface area (TPSA) is 130 Å². The summed E-state index contributed by atoms with van der Waals surface area (Å²) in [6.07, 6.45) is 0.538. The number of carbonyl (C=O) groups is 2. The number of carboxylic acid groups (broad SMARTS) is 1. The Morgan fingerprint density at radius 1 is 1.06 bits per heavy atom. The van der Waals surface area contributed by atoms with E-state index in [4.69, 9.17) is 4.74 Å². The zero-order valence-electron chi connectivity index (χ0n) is 18.3. The van der Waals surface area contributed by atoms with Crippen LogP contribution in [-0.4, -0.2) is 40.1 Å². The fourth-order valence-corrected chi connectivity index (χ4v) is 4.70. The molecule has 9 heteroatoms. The van der Waals surface area contributed by atoms with Gasteiger partial charge in [0.15, 0.2) is 5.78 Å². The Bertz CT molecular complexity index is 1480. The molecule has 5 rings (SSSR count). The molecule has 1 atom stereocenters. The number of carbonyl (C=O) groups excluding carboxylic acids is 1. The van der Waals surface area contributed by atoms with Crippen LogP contribution in [0.15, 0.2) is 63.7 Å². The van der Waals surface area contributed by atoms with Gasteiger partial charge in [0.1, 0.15) is 5.82 Å². The van der Waals surface area contributed by atoms with Crippen LogP contribution in [0.2, 0.25) is 0 Å². The van der Waals surface area contributed by atoms with Crippen molar-refractivity contribution in [2.24, 2.45) is 0 Å². The van der Waals surface area contributed by atoms with Gasteiger partial charge in [-0.1, -0.05) is 36.4 Å². The van der Waals surface area contributed by atoms with Gasteiger partial charge in [-0.15, -0.1) is 0 Å². The molecule has 0 spiro atoms. The number of hydrogen-bond acceptors (Lipinski definition) is 6. The third kappa shape index (κ3) is 3.29. The van der Waals surface area contributed by atoms with Gasteiger partial charge >= 0.3 is 11.7 Å². The average molecular weight is 459 g/mol. The Labute approximate surface area is 193 Å². The third-order valence-electron chi connectivity index (χ3n) is 6.23. The number of anilines is 1. The first-order chi connectivity index (χ1) is 16.4. The van der Waals surface area contributed by atoms with Gasteiger partial charge in [0, 0.05) is 42.9 Å². The summed E-state index contributed by atoms with van der Waals surface area (Å²) in [6, 6.07) is 13.2. The molecule has 0 radical (unpaired) electrons. The summed E-state index contributed by atoms with van der Waals surface area (Å²) in [5.74, 6) is -1.76. The first-order valence-electron chi connectivity index (χ1n) is 10.8. The number of nitrogens with zero attached hydrogens (tertiary/aromatic N) is 1. The minimum Gasteiger partial charge on any atom is -0.478 e. The highest BCUT2D eigenvalue weighted by Crippen LogP contribution is 2.47. The monoisotopic (exact) mass is 459 g/mol. The maximum atomic E-state index is 13.5. The number of ketones is 1. The summed E-state index contributed by atoms with van der Waals surface area (Å²) < 4.78 is 6.56. The Hall–Kier alpha value is -4.24. The van der Waals surface area contributed by atoms with E-state index in [9.17, 15) is 24.3 Å². The number of nitrogens with one attached hydrogen (secondary N) is 2. The second-order valence-electron chi connectivity index (χ2n) is 8.17. The molecule has 3 N–H and O–H groups in total. The van der Waals surface area contributed by atoms with Crippen LogP contribution in [0, 0.1) is 0 Å². The third-order valence-corrected chi connectivity index (χ3v) is 6.23. The number of aromatic nitrogens is 2. The molecular weight excluding hydrogens is 438 g/mol. The molecule has 9 nitrogen and oxygen atoms in total. The van der Waals surface area contributed by atoms with E-state index in [-0.39, 0.29) is 16.9 Å². The van der Waals surface area contributed by atoms with Gasteiger partial charge in [0.25, 0.3) is 5.56 Å². The minimum atomic E-state index is -1.08. The fourth-order valence-electron chi connectivity index (χ4n) is 4.70. The number of fused-ring (bicyclic) bond motifs is 3. The van der Waals surface area contributed by atoms with Gasteiger partial charge in [0.05, 0.1) is 16.8 Å². The maximum absolute atomic E-state index is 13.5. The lowest BCUT2D eigenvalue weighted by molar-refractivity contribution is 0.0696. The zero-order valence-corrected chi connectivity index (χ0v) is 18.3. The second kappa shape index (κ2) is 8.27. The largest absolute Gasteiger partial charge is 0.478 e. The number of H-pyrrole nitrogens is 1. The van der Waals surface area contributed by atoms with Gasteiger partial charge in [-0.05, 0) is 24.1 Å². The first kappa shape index (κ1) is 21.6. The fraction of sp³-hybridized carbons (Fsp3) is 0.200. The Kier molecular flexibility index (Phi) is 5.25. The van der Waals surface area contributed by atoms with Crippen LogP contribution in [0.1, 0.15) is 49.7 Å². The van der Waals surface area contributed by atoms with E-state index in [0.717, 1.165) is 0 Å². The van der Waals surface area contributed by atoms with Crippen molar-refractivity contribution < 1.29 is 19.4 Å². The number of aromatic carboxylic acids is 1. The number of allylic oxidation sites excluding steroid dienone is 1. The van der Waals surface area contributed by atoms with Gasteiger partial charge < -0.3 is 15.2 Å². The Balaban J connectivity index is 1.76. The highest BCUT2D eigenvalue weighted by atomic mass is 16.5.